The summed E-state index contributed by atoms with van der Waals surface area (Å²) in [4.78, 5) is 2.18. The second-order valence-electron chi connectivity index (χ2n) is 4.49. The van der Waals surface area contributed by atoms with Gasteiger partial charge in [0.1, 0.15) is 5.75 Å². The molecule has 1 aromatic carbocycles. The molecule has 0 saturated heterocycles. The molecule has 0 heterocycles. The molecule has 3 heteroatoms. The molecule has 1 rings (SSSR count). The summed E-state index contributed by atoms with van der Waals surface area (Å²) in [5, 5.41) is 9.21. The molecule has 1 unspecified atom stereocenters. The second-order valence-corrected chi connectivity index (χ2v) is 4.49. The van der Waals surface area contributed by atoms with Crippen LogP contribution in [0, 0.1) is 12.8 Å². The summed E-state index contributed by atoms with van der Waals surface area (Å²) in [6.45, 7) is 5.27. The van der Waals surface area contributed by atoms with Crippen molar-refractivity contribution in [2.45, 2.75) is 20.3 Å². The first-order valence-electron chi connectivity index (χ1n) is 6.09. The Hall–Kier alpha value is -1.22. The highest BCUT2D eigenvalue weighted by Crippen LogP contribution is 2.24. The highest BCUT2D eigenvalue weighted by atomic mass is 16.5. The van der Waals surface area contributed by atoms with Crippen LogP contribution in [0.15, 0.2) is 18.2 Å². The molecule has 0 bridgehead atoms. The number of rotatable bonds is 6. The van der Waals surface area contributed by atoms with Crippen molar-refractivity contribution in [3.8, 4) is 5.75 Å². The summed E-state index contributed by atoms with van der Waals surface area (Å²) in [5.74, 6) is 1.25. The minimum absolute atomic E-state index is 0.246. The summed E-state index contributed by atoms with van der Waals surface area (Å²) >= 11 is 0. The number of ether oxygens (including phenoxy) is 1. The van der Waals surface area contributed by atoms with Crippen LogP contribution in [0.5, 0.6) is 5.75 Å². The lowest BCUT2D eigenvalue weighted by Crippen LogP contribution is -2.27. The van der Waals surface area contributed by atoms with Crippen LogP contribution in [-0.2, 0) is 0 Å². The Bertz CT molecular complexity index is 348. The fraction of sp³-hybridized carbons (Fsp3) is 0.571. The van der Waals surface area contributed by atoms with Gasteiger partial charge in [0.2, 0.25) is 0 Å². The van der Waals surface area contributed by atoms with E-state index in [1.54, 1.807) is 7.11 Å². The predicted molar refractivity (Wildman–Crippen MR) is 71.9 cm³/mol. The number of aliphatic hydroxyl groups is 1. The third kappa shape index (κ3) is 3.63. The Morgan fingerprint density at radius 2 is 2.12 bits per heavy atom. The monoisotopic (exact) mass is 237 g/mol. The first kappa shape index (κ1) is 13.8. The van der Waals surface area contributed by atoms with Gasteiger partial charge in [-0.05, 0) is 43.0 Å². The second kappa shape index (κ2) is 6.50. The van der Waals surface area contributed by atoms with E-state index in [1.165, 1.54) is 0 Å². The molecular formula is C14H23NO2. The van der Waals surface area contributed by atoms with Crippen molar-refractivity contribution in [3.63, 3.8) is 0 Å². The van der Waals surface area contributed by atoms with Gasteiger partial charge in [0.05, 0.1) is 7.11 Å². The zero-order valence-corrected chi connectivity index (χ0v) is 11.2. The standard InChI is InChI=1S/C14H23NO2/c1-5-12(10-16)9-15(3)13-6-7-14(17-4)11(2)8-13/h6-8,12,16H,5,9-10H2,1-4H3. The maximum Gasteiger partial charge on any atom is 0.121 e. The van der Waals surface area contributed by atoms with Gasteiger partial charge in [-0.25, -0.2) is 0 Å². The van der Waals surface area contributed by atoms with Gasteiger partial charge in [-0.15, -0.1) is 0 Å². The maximum atomic E-state index is 9.21. The molecular weight excluding hydrogens is 214 g/mol. The molecule has 1 aromatic rings. The molecule has 0 radical (unpaired) electrons. The van der Waals surface area contributed by atoms with Gasteiger partial charge < -0.3 is 14.7 Å². The van der Waals surface area contributed by atoms with Crippen LogP contribution in [0.2, 0.25) is 0 Å². The molecule has 1 atom stereocenters. The number of hydrogen-bond acceptors (Lipinski definition) is 3. The molecule has 0 fully saturated rings. The van der Waals surface area contributed by atoms with Gasteiger partial charge in [0.15, 0.2) is 0 Å². The fourth-order valence-corrected chi connectivity index (χ4v) is 1.91. The molecule has 1 N–H and O–H groups in total. The van der Waals surface area contributed by atoms with Gasteiger partial charge in [-0.2, -0.15) is 0 Å². The summed E-state index contributed by atoms with van der Waals surface area (Å²) in [6.07, 6.45) is 0.996. The van der Waals surface area contributed by atoms with E-state index in [4.69, 9.17) is 4.74 Å². The summed E-state index contributed by atoms with van der Waals surface area (Å²) in [7, 11) is 3.74. The Morgan fingerprint density at radius 1 is 1.41 bits per heavy atom. The Balaban J connectivity index is 2.75. The van der Waals surface area contributed by atoms with E-state index < -0.39 is 0 Å². The minimum Gasteiger partial charge on any atom is -0.496 e. The van der Waals surface area contributed by atoms with Crippen molar-refractivity contribution in [1.82, 2.24) is 0 Å². The van der Waals surface area contributed by atoms with Gasteiger partial charge in [-0.1, -0.05) is 6.92 Å². The first-order valence-corrected chi connectivity index (χ1v) is 6.09. The number of benzene rings is 1. The number of aryl methyl sites for hydroxylation is 1. The van der Waals surface area contributed by atoms with Crippen LogP contribution in [0.3, 0.4) is 0 Å². The van der Waals surface area contributed by atoms with E-state index in [0.717, 1.165) is 30.0 Å². The fourth-order valence-electron chi connectivity index (χ4n) is 1.91. The lowest BCUT2D eigenvalue weighted by Gasteiger charge is -2.24. The summed E-state index contributed by atoms with van der Waals surface area (Å²) < 4.78 is 5.24. The van der Waals surface area contributed by atoms with E-state index in [9.17, 15) is 5.11 Å². The zero-order valence-electron chi connectivity index (χ0n) is 11.2. The van der Waals surface area contributed by atoms with E-state index in [0.29, 0.717) is 5.92 Å². The van der Waals surface area contributed by atoms with Crippen molar-refractivity contribution in [3.05, 3.63) is 23.8 Å². The maximum absolute atomic E-state index is 9.21. The van der Waals surface area contributed by atoms with Crippen molar-refractivity contribution >= 4 is 5.69 Å². The molecule has 0 aliphatic carbocycles. The molecule has 0 aliphatic rings. The zero-order chi connectivity index (χ0) is 12.8. The first-order chi connectivity index (χ1) is 8.12. The van der Waals surface area contributed by atoms with E-state index in [1.807, 2.05) is 13.0 Å². The number of hydrogen-bond donors (Lipinski definition) is 1. The van der Waals surface area contributed by atoms with Crippen molar-refractivity contribution in [2.24, 2.45) is 5.92 Å². The largest absolute Gasteiger partial charge is 0.496 e. The third-order valence-electron chi connectivity index (χ3n) is 3.19. The predicted octanol–water partition coefficient (Wildman–Crippen LogP) is 2.46. The van der Waals surface area contributed by atoms with E-state index >= 15 is 0 Å². The van der Waals surface area contributed by atoms with E-state index in [-0.39, 0.29) is 6.61 Å². The minimum atomic E-state index is 0.246. The SMILES string of the molecule is CCC(CO)CN(C)c1ccc(OC)c(C)c1. The Labute approximate surface area is 104 Å². The lowest BCUT2D eigenvalue weighted by atomic mass is 10.1. The highest BCUT2D eigenvalue weighted by molar-refractivity contribution is 5.52. The van der Waals surface area contributed by atoms with E-state index in [2.05, 4.69) is 31.0 Å². The summed E-state index contributed by atoms with van der Waals surface area (Å²) in [6, 6.07) is 6.15. The van der Waals surface area contributed by atoms with Crippen molar-refractivity contribution in [2.75, 3.05) is 32.2 Å². The summed E-state index contributed by atoms with van der Waals surface area (Å²) in [5.41, 5.74) is 2.30. The molecule has 3 nitrogen and oxygen atoms in total. The smallest absolute Gasteiger partial charge is 0.121 e. The van der Waals surface area contributed by atoms with Gasteiger partial charge in [0, 0.05) is 25.9 Å². The Morgan fingerprint density at radius 3 is 2.59 bits per heavy atom. The number of anilines is 1. The quantitative estimate of drug-likeness (QED) is 0.825. The molecule has 0 aliphatic heterocycles. The average molecular weight is 237 g/mol. The van der Waals surface area contributed by atoms with Crippen LogP contribution in [-0.4, -0.2) is 32.4 Å². The van der Waals surface area contributed by atoms with Gasteiger partial charge >= 0.3 is 0 Å². The van der Waals surface area contributed by atoms with Crippen LogP contribution in [0.4, 0.5) is 5.69 Å². The molecule has 0 amide bonds. The molecule has 96 valence electrons. The molecule has 0 aromatic heterocycles. The van der Waals surface area contributed by atoms with Crippen LogP contribution >= 0.6 is 0 Å². The highest BCUT2D eigenvalue weighted by Gasteiger charge is 2.10. The van der Waals surface area contributed by atoms with Crippen LogP contribution < -0.4 is 9.64 Å². The molecule has 17 heavy (non-hydrogen) atoms. The van der Waals surface area contributed by atoms with Crippen molar-refractivity contribution < 1.29 is 9.84 Å². The lowest BCUT2D eigenvalue weighted by molar-refractivity contribution is 0.225. The normalized spacial score (nSPS) is 12.3. The number of nitrogens with zero attached hydrogens (tertiary/aromatic N) is 1. The van der Waals surface area contributed by atoms with Crippen LogP contribution in [0.1, 0.15) is 18.9 Å². The van der Waals surface area contributed by atoms with Crippen LogP contribution in [0.25, 0.3) is 0 Å². The topological polar surface area (TPSA) is 32.7 Å². The van der Waals surface area contributed by atoms with Gasteiger partial charge in [-0.3, -0.25) is 0 Å². The third-order valence-corrected chi connectivity index (χ3v) is 3.19. The number of aliphatic hydroxyl groups excluding tert-OH is 1. The Kier molecular flexibility index (Phi) is 5.29. The van der Waals surface area contributed by atoms with Crippen molar-refractivity contribution in [1.29, 1.82) is 0 Å². The molecule has 0 spiro atoms. The average Bonchev–Trinajstić information content (AvgIpc) is 2.35. The van der Waals surface area contributed by atoms with Gasteiger partial charge in [0.25, 0.3) is 0 Å². The number of methoxy groups -OCH3 is 1. The molecule has 0 saturated carbocycles.